The molecule has 0 saturated carbocycles. The third-order valence-corrected chi connectivity index (χ3v) is 1.70. The van der Waals surface area contributed by atoms with Crippen LogP contribution in [-0.4, -0.2) is 24.6 Å². The van der Waals surface area contributed by atoms with Crippen molar-refractivity contribution >= 4 is 11.7 Å². The topological polar surface area (TPSA) is 68.1 Å². The van der Waals surface area contributed by atoms with Gasteiger partial charge in [0.25, 0.3) is 0 Å². The number of likely N-dealkylation sites (N-methyl/N-ethyl adjacent to an activating group) is 1. The molecule has 0 saturated heterocycles. The van der Waals surface area contributed by atoms with E-state index in [0.717, 1.165) is 5.56 Å². The third kappa shape index (κ3) is 5.85. The summed E-state index contributed by atoms with van der Waals surface area (Å²) in [7, 11) is 1.52. The van der Waals surface area contributed by atoms with Crippen LogP contribution in [0.15, 0.2) is 34.6 Å². The molecule has 0 atom stereocenters. The largest absolute Gasteiger partial charge is 1.00 e. The molecule has 0 heterocycles. The van der Waals surface area contributed by atoms with Gasteiger partial charge >= 0.3 is 29.6 Å². The van der Waals surface area contributed by atoms with Crippen molar-refractivity contribution in [3.8, 4) is 0 Å². The van der Waals surface area contributed by atoms with Gasteiger partial charge in [0, 0.05) is 7.05 Å². The van der Waals surface area contributed by atoms with E-state index in [1.165, 1.54) is 12.1 Å². The first-order valence-electron chi connectivity index (χ1n) is 4.47. The maximum atomic E-state index is 10.2. The van der Waals surface area contributed by atoms with Crippen molar-refractivity contribution in [3.63, 3.8) is 0 Å². The first kappa shape index (κ1) is 15.1. The fourth-order valence-electron chi connectivity index (χ4n) is 0.958. The monoisotopic (exact) mass is 229 g/mol. The van der Waals surface area contributed by atoms with Crippen LogP contribution >= 0.6 is 0 Å². The van der Waals surface area contributed by atoms with E-state index in [-0.39, 0.29) is 36.1 Å². The van der Waals surface area contributed by atoms with Crippen molar-refractivity contribution in [1.29, 1.82) is 0 Å². The first-order chi connectivity index (χ1) is 7.08. The number of aryl methyl sites for hydroxylation is 1. The Labute approximate surface area is 116 Å². The van der Waals surface area contributed by atoms with Crippen molar-refractivity contribution in [2.24, 2.45) is 10.3 Å². The van der Waals surface area contributed by atoms with Crippen LogP contribution in [0.4, 0.5) is 5.69 Å². The van der Waals surface area contributed by atoms with Crippen LogP contribution in [-0.2, 0) is 4.79 Å². The van der Waals surface area contributed by atoms with E-state index in [1.807, 2.05) is 31.2 Å². The van der Waals surface area contributed by atoms with Crippen LogP contribution < -0.4 is 34.7 Å². The minimum Gasteiger partial charge on any atom is -0.548 e. The summed E-state index contributed by atoms with van der Waals surface area (Å²) in [6.45, 7) is 1.71. The summed E-state index contributed by atoms with van der Waals surface area (Å²) in [5, 5.41) is 19.0. The van der Waals surface area contributed by atoms with Gasteiger partial charge in [-0.1, -0.05) is 22.9 Å². The Morgan fingerprint density at radius 1 is 1.38 bits per heavy atom. The number of hydrogen-bond acceptors (Lipinski definition) is 4. The zero-order chi connectivity index (χ0) is 11.3. The second kappa shape index (κ2) is 7.38. The molecule has 0 aromatic heterocycles. The summed E-state index contributed by atoms with van der Waals surface area (Å²) < 4.78 is 0. The molecule has 1 aromatic carbocycles. The quantitative estimate of drug-likeness (QED) is 0.330. The van der Waals surface area contributed by atoms with Crippen molar-refractivity contribution in [3.05, 3.63) is 29.8 Å². The fourth-order valence-corrected chi connectivity index (χ4v) is 0.958. The number of benzene rings is 1. The van der Waals surface area contributed by atoms with E-state index in [4.69, 9.17) is 0 Å². The van der Waals surface area contributed by atoms with Crippen LogP contribution in [0.3, 0.4) is 0 Å². The zero-order valence-corrected chi connectivity index (χ0v) is 11.7. The average molecular weight is 229 g/mol. The number of rotatable bonds is 4. The van der Waals surface area contributed by atoms with Crippen molar-refractivity contribution in [1.82, 2.24) is 5.01 Å². The molecule has 1 rings (SSSR count). The Morgan fingerprint density at radius 3 is 2.44 bits per heavy atom. The molecule has 5 nitrogen and oxygen atoms in total. The maximum absolute atomic E-state index is 10.2. The summed E-state index contributed by atoms with van der Waals surface area (Å²) in [6.07, 6.45) is 0. The van der Waals surface area contributed by atoms with E-state index in [0.29, 0.717) is 5.69 Å². The van der Waals surface area contributed by atoms with Gasteiger partial charge in [0.05, 0.1) is 18.2 Å². The summed E-state index contributed by atoms with van der Waals surface area (Å²) in [5.41, 5.74) is 1.82. The van der Waals surface area contributed by atoms with Crippen LogP contribution in [0, 0.1) is 6.92 Å². The van der Waals surface area contributed by atoms with Gasteiger partial charge in [0.15, 0.2) is 0 Å². The SMILES string of the molecule is Cc1ccc(N=NN(C)CC(=O)[O-])cc1.[Na+]. The van der Waals surface area contributed by atoms with Crippen molar-refractivity contribution < 1.29 is 39.5 Å². The standard InChI is InChI=1S/C10H13N3O2.Na/c1-8-3-5-9(6-4-8)11-12-13(2)7-10(14)15;/h3-6H,7H2,1-2H3,(H,14,15);/q;+1/p-1. The predicted molar refractivity (Wildman–Crippen MR) is 53.3 cm³/mol. The number of carboxylic acid groups (broad SMARTS) is 1. The molecular weight excluding hydrogens is 217 g/mol. The maximum Gasteiger partial charge on any atom is 1.00 e. The van der Waals surface area contributed by atoms with Gasteiger partial charge in [-0.15, -0.1) is 5.11 Å². The number of carbonyl (C=O) groups is 1. The van der Waals surface area contributed by atoms with Crippen LogP contribution in [0.5, 0.6) is 0 Å². The molecule has 0 aliphatic heterocycles. The minimum atomic E-state index is -1.18. The molecule has 1 aromatic rings. The molecular formula is C10H12N3NaO2. The van der Waals surface area contributed by atoms with Gasteiger partial charge in [-0.05, 0) is 19.1 Å². The van der Waals surface area contributed by atoms with Gasteiger partial charge < -0.3 is 9.90 Å². The second-order valence-electron chi connectivity index (χ2n) is 3.21. The Morgan fingerprint density at radius 2 is 1.94 bits per heavy atom. The zero-order valence-electron chi connectivity index (χ0n) is 9.67. The molecule has 80 valence electrons. The second-order valence-corrected chi connectivity index (χ2v) is 3.21. The smallest absolute Gasteiger partial charge is 0.548 e. The van der Waals surface area contributed by atoms with Gasteiger partial charge in [0.1, 0.15) is 0 Å². The van der Waals surface area contributed by atoms with E-state index in [9.17, 15) is 9.90 Å². The molecule has 0 radical (unpaired) electrons. The number of carboxylic acids is 1. The number of carbonyl (C=O) groups excluding carboxylic acids is 1. The first-order valence-corrected chi connectivity index (χ1v) is 4.47. The Bertz CT molecular complexity index is 365. The predicted octanol–water partition coefficient (Wildman–Crippen LogP) is -2.32. The summed E-state index contributed by atoms with van der Waals surface area (Å²) in [5.74, 6) is -1.18. The van der Waals surface area contributed by atoms with Gasteiger partial charge in [0.2, 0.25) is 0 Å². The summed E-state index contributed by atoms with van der Waals surface area (Å²) in [4.78, 5) is 10.2. The molecule has 0 fully saturated rings. The van der Waals surface area contributed by atoms with E-state index in [1.54, 1.807) is 0 Å². The number of aliphatic carboxylic acids is 1. The van der Waals surface area contributed by atoms with Crippen LogP contribution in [0.25, 0.3) is 0 Å². The molecule has 16 heavy (non-hydrogen) atoms. The van der Waals surface area contributed by atoms with Gasteiger partial charge in [-0.3, -0.25) is 5.01 Å². The van der Waals surface area contributed by atoms with Crippen LogP contribution in [0.1, 0.15) is 5.56 Å². The molecule has 0 unspecified atom stereocenters. The third-order valence-electron chi connectivity index (χ3n) is 1.70. The summed E-state index contributed by atoms with van der Waals surface area (Å²) >= 11 is 0. The average Bonchev–Trinajstić information content (AvgIpc) is 2.16. The Balaban J connectivity index is 0.00000225. The molecule has 6 heteroatoms. The van der Waals surface area contributed by atoms with E-state index in [2.05, 4.69) is 10.3 Å². The molecule has 0 aliphatic rings. The van der Waals surface area contributed by atoms with Crippen molar-refractivity contribution in [2.45, 2.75) is 6.92 Å². The van der Waals surface area contributed by atoms with Gasteiger partial charge in [-0.25, -0.2) is 0 Å². The molecule has 0 spiro atoms. The Kier molecular flexibility index (Phi) is 6.96. The van der Waals surface area contributed by atoms with Crippen LogP contribution in [0.2, 0.25) is 0 Å². The summed E-state index contributed by atoms with van der Waals surface area (Å²) in [6, 6.07) is 7.44. The normalized spacial score (nSPS) is 9.88. The van der Waals surface area contributed by atoms with E-state index >= 15 is 0 Å². The van der Waals surface area contributed by atoms with Gasteiger partial charge in [-0.2, -0.15) is 0 Å². The molecule has 0 aliphatic carbocycles. The molecule has 0 amide bonds. The Hall–Kier alpha value is -0.910. The number of nitrogens with zero attached hydrogens (tertiary/aromatic N) is 3. The molecule has 0 bridgehead atoms. The minimum absolute atomic E-state index is 0. The number of hydrogen-bond donors (Lipinski definition) is 0. The van der Waals surface area contributed by atoms with Crippen molar-refractivity contribution in [2.75, 3.05) is 13.6 Å². The van der Waals surface area contributed by atoms with E-state index < -0.39 is 5.97 Å². The molecule has 0 N–H and O–H groups in total. The fraction of sp³-hybridized carbons (Fsp3) is 0.300.